The minimum atomic E-state index is -0.0968. The summed E-state index contributed by atoms with van der Waals surface area (Å²) >= 11 is 1.52. The monoisotopic (exact) mass is 390 g/mol. The zero-order valence-corrected chi connectivity index (χ0v) is 16.8. The number of pyridine rings is 1. The highest BCUT2D eigenvalue weighted by molar-refractivity contribution is 7.15. The van der Waals surface area contributed by atoms with E-state index < -0.39 is 0 Å². The molecule has 1 saturated heterocycles. The number of thiazole rings is 1. The molecule has 1 aliphatic rings. The second-order valence-corrected chi connectivity index (χ2v) is 8.03. The fourth-order valence-corrected chi connectivity index (χ4v) is 3.90. The van der Waals surface area contributed by atoms with Crippen molar-refractivity contribution in [3.8, 4) is 5.88 Å². The van der Waals surface area contributed by atoms with E-state index in [0.29, 0.717) is 17.6 Å². The van der Waals surface area contributed by atoms with Crippen molar-refractivity contribution in [3.63, 3.8) is 0 Å². The van der Waals surface area contributed by atoms with E-state index in [1.807, 2.05) is 32.2 Å². The molecular formula is C19H26N4O3S. The summed E-state index contributed by atoms with van der Waals surface area (Å²) in [5, 5.41) is 3.38. The fourth-order valence-electron chi connectivity index (χ4n) is 3.00. The van der Waals surface area contributed by atoms with E-state index in [2.05, 4.69) is 20.2 Å². The van der Waals surface area contributed by atoms with Gasteiger partial charge in [-0.2, -0.15) is 0 Å². The lowest BCUT2D eigenvalue weighted by Gasteiger charge is -2.32. The fraction of sp³-hybridized carbons (Fsp3) is 0.526. The summed E-state index contributed by atoms with van der Waals surface area (Å²) in [4.78, 5) is 23.1. The smallest absolute Gasteiger partial charge is 0.223 e. The molecule has 0 radical (unpaired) electrons. The molecule has 0 aliphatic carbocycles. The van der Waals surface area contributed by atoms with E-state index in [9.17, 15) is 4.79 Å². The van der Waals surface area contributed by atoms with Crippen LogP contribution in [0, 0.1) is 0 Å². The summed E-state index contributed by atoms with van der Waals surface area (Å²) < 4.78 is 11.6. The number of carbonyl (C=O) groups is 1. The Bertz CT molecular complexity index is 765. The number of nitrogens with zero attached hydrogens (tertiary/aromatic N) is 3. The number of hydrogen-bond acceptors (Lipinski definition) is 7. The number of carbonyl (C=O) groups excluding carboxylic acids is 1. The van der Waals surface area contributed by atoms with Gasteiger partial charge in [-0.05, 0) is 25.5 Å². The van der Waals surface area contributed by atoms with Crippen LogP contribution in [0.2, 0.25) is 0 Å². The van der Waals surface area contributed by atoms with Crippen LogP contribution < -0.4 is 10.1 Å². The first-order valence-electron chi connectivity index (χ1n) is 9.16. The molecule has 2 aromatic heterocycles. The molecule has 0 aromatic carbocycles. The van der Waals surface area contributed by atoms with E-state index in [1.165, 1.54) is 23.8 Å². The first-order valence-corrected chi connectivity index (χ1v) is 9.97. The average Bonchev–Trinajstić information content (AvgIpc) is 3.01. The molecule has 0 saturated carbocycles. The van der Waals surface area contributed by atoms with Crippen LogP contribution in [0.25, 0.3) is 0 Å². The molecule has 0 spiro atoms. The van der Waals surface area contributed by atoms with Crippen molar-refractivity contribution in [2.24, 2.45) is 0 Å². The van der Waals surface area contributed by atoms with Gasteiger partial charge >= 0.3 is 0 Å². The molecule has 146 valence electrons. The first-order chi connectivity index (χ1) is 13.0. The largest absolute Gasteiger partial charge is 0.475 e. The summed E-state index contributed by atoms with van der Waals surface area (Å²) in [6.07, 6.45) is 4.69. The molecule has 3 heterocycles. The van der Waals surface area contributed by atoms with E-state index in [0.717, 1.165) is 30.9 Å². The molecule has 3 rings (SSSR count). The highest BCUT2D eigenvalue weighted by Crippen LogP contribution is 2.22. The molecule has 1 fully saturated rings. The molecule has 2 aromatic rings. The molecule has 1 atom stereocenters. The molecule has 1 unspecified atom stereocenters. The Morgan fingerprint density at radius 3 is 3.11 bits per heavy atom. The van der Waals surface area contributed by atoms with Gasteiger partial charge in [-0.15, -0.1) is 11.3 Å². The van der Waals surface area contributed by atoms with Crippen molar-refractivity contribution in [1.29, 1.82) is 0 Å². The third kappa shape index (κ3) is 6.27. The highest BCUT2D eigenvalue weighted by Gasteiger charge is 2.22. The summed E-state index contributed by atoms with van der Waals surface area (Å²) in [6.45, 7) is 8.75. The topological polar surface area (TPSA) is 76.6 Å². The number of rotatable bonds is 7. The quantitative estimate of drug-likeness (QED) is 0.783. The first kappa shape index (κ1) is 19.7. The second-order valence-electron chi connectivity index (χ2n) is 6.91. The van der Waals surface area contributed by atoms with Crippen molar-refractivity contribution in [1.82, 2.24) is 14.9 Å². The van der Waals surface area contributed by atoms with Gasteiger partial charge in [0.05, 0.1) is 18.8 Å². The van der Waals surface area contributed by atoms with Gasteiger partial charge in [-0.25, -0.2) is 9.97 Å². The number of ether oxygens (including phenoxy) is 2. The van der Waals surface area contributed by atoms with Gasteiger partial charge in [0.2, 0.25) is 11.8 Å². The molecule has 0 bridgehead atoms. The predicted octanol–water partition coefficient (Wildman–Crippen LogP) is 2.73. The summed E-state index contributed by atoms with van der Waals surface area (Å²) in [6, 6.07) is 4.00. The third-order valence-electron chi connectivity index (χ3n) is 4.06. The average molecular weight is 391 g/mol. The molecular weight excluding hydrogens is 364 g/mol. The SMILES string of the molecule is CC(=O)Nc1ncc(CN2CCOC(Cc3ccnc(OC(C)C)c3)C2)s1. The van der Waals surface area contributed by atoms with E-state index in [1.54, 1.807) is 6.20 Å². The molecule has 7 nitrogen and oxygen atoms in total. The predicted molar refractivity (Wildman–Crippen MR) is 105 cm³/mol. The van der Waals surface area contributed by atoms with Crippen LogP contribution >= 0.6 is 11.3 Å². The maximum Gasteiger partial charge on any atom is 0.223 e. The summed E-state index contributed by atoms with van der Waals surface area (Å²) in [5.74, 6) is 0.561. The molecule has 27 heavy (non-hydrogen) atoms. The summed E-state index contributed by atoms with van der Waals surface area (Å²) in [7, 11) is 0. The standard InChI is InChI=1S/C19H26N4O3S/c1-13(2)26-18-9-15(4-5-20-18)8-16-11-23(6-7-25-16)12-17-10-21-19(27-17)22-14(3)24/h4-5,9-10,13,16H,6-8,11-12H2,1-3H3,(H,21,22,24). The van der Waals surface area contributed by atoms with Gasteiger partial charge in [0.15, 0.2) is 5.13 Å². The number of anilines is 1. The van der Waals surface area contributed by atoms with Crippen LogP contribution in [-0.4, -0.2) is 52.7 Å². The van der Waals surface area contributed by atoms with Crippen molar-refractivity contribution >= 4 is 22.4 Å². The number of aromatic nitrogens is 2. The Hall–Kier alpha value is -2.03. The maximum atomic E-state index is 11.1. The maximum absolute atomic E-state index is 11.1. The normalized spacial score (nSPS) is 17.9. The minimum Gasteiger partial charge on any atom is -0.475 e. The molecule has 1 amide bonds. The van der Waals surface area contributed by atoms with E-state index in [4.69, 9.17) is 9.47 Å². The minimum absolute atomic E-state index is 0.0968. The molecule has 1 aliphatic heterocycles. The van der Waals surface area contributed by atoms with Crippen molar-refractivity contribution < 1.29 is 14.3 Å². The van der Waals surface area contributed by atoms with Gasteiger partial charge < -0.3 is 14.8 Å². The lowest BCUT2D eigenvalue weighted by Crippen LogP contribution is -2.42. The number of nitrogens with one attached hydrogen (secondary N) is 1. The Balaban J connectivity index is 1.55. The van der Waals surface area contributed by atoms with Crippen LogP contribution in [0.15, 0.2) is 24.5 Å². The Kier molecular flexibility index (Phi) is 6.76. The van der Waals surface area contributed by atoms with Crippen LogP contribution in [0.3, 0.4) is 0 Å². The van der Waals surface area contributed by atoms with E-state index in [-0.39, 0.29) is 18.1 Å². The van der Waals surface area contributed by atoms with Gasteiger partial charge in [0, 0.05) is 56.3 Å². The lowest BCUT2D eigenvalue weighted by atomic mass is 10.1. The van der Waals surface area contributed by atoms with Crippen LogP contribution in [0.4, 0.5) is 5.13 Å². The Labute approximate surface area is 163 Å². The van der Waals surface area contributed by atoms with Crippen molar-refractivity contribution in [2.45, 2.75) is 45.9 Å². The van der Waals surface area contributed by atoms with Gasteiger partial charge in [0.1, 0.15) is 0 Å². The zero-order chi connectivity index (χ0) is 19.2. The van der Waals surface area contributed by atoms with Crippen LogP contribution in [0.1, 0.15) is 31.2 Å². The molecule has 8 heteroatoms. The number of hydrogen-bond donors (Lipinski definition) is 1. The second kappa shape index (κ2) is 9.25. The van der Waals surface area contributed by atoms with Crippen molar-refractivity contribution in [2.75, 3.05) is 25.0 Å². The zero-order valence-electron chi connectivity index (χ0n) is 16.0. The van der Waals surface area contributed by atoms with E-state index >= 15 is 0 Å². The lowest BCUT2D eigenvalue weighted by molar-refractivity contribution is -0.114. The van der Waals surface area contributed by atoms with Crippen LogP contribution in [0.5, 0.6) is 5.88 Å². The number of amides is 1. The van der Waals surface area contributed by atoms with Gasteiger partial charge in [-0.1, -0.05) is 0 Å². The van der Waals surface area contributed by atoms with Gasteiger partial charge in [0.25, 0.3) is 0 Å². The summed E-state index contributed by atoms with van der Waals surface area (Å²) in [5.41, 5.74) is 1.17. The van der Waals surface area contributed by atoms with Crippen molar-refractivity contribution in [3.05, 3.63) is 35.0 Å². The Morgan fingerprint density at radius 1 is 1.48 bits per heavy atom. The van der Waals surface area contributed by atoms with Gasteiger partial charge in [-0.3, -0.25) is 9.69 Å². The highest BCUT2D eigenvalue weighted by atomic mass is 32.1. The number of morpholine rings is 1. The Morgan fingerprint density at radius 2 is 2.33 bits per heavy atom. The molecule has 1 N–H and O–H groups in total. The third-order valence-corrected chi connectivity index (χ3v) is 4.96. The van der Waals surface area contributed by atoms with Crippen LogP contribution in [-0.2, 0) is 22.5 Å².